The highest BCUT2D eigenvalue weighted by molar-refractivity contribution is 5.80. The van der Waals surface area contributed by atoms with Gasteiger partial charge in [-0.2, -0.15) is 0 Å². The quantitative estimate of drug-likeness (QED) is 0.667. The molecule has 22 heavy (non-hydrogen) atoms. The maximum Gasteiger partial charge on any atom is 0.318 e. The van der Waals surface area contributed by atoms with E-state index in [1.54, 1.807) is 4.90 Å². The third-order valence-corrected chi connectivity index (χ3v) is 3.77. The molecule has 0 spiro atoms. The zero-order valence-corrected chi connectivity index (χ0v) is 12.9. The smallest absolute Gasteiger partial charge is 0.318 e. The molecule has 0 aromatic heterocycles. The van der Waals surface area contributed by atoms with Gasteiger partial charge in [0, 0.05) is 18.7 Å². The number of carbonyl (C=O) groups excluding carboxylic acids is 2. The van der Waals surface area contributed by atoms with Crippen LogP contribution in [0.1, 0.15) is 18.9 Å². The fraction of sp³-hybridized carbons (Fsp3) is 0.412. The summed E-state index contributed by atoms with van der Waals surface area (Å²) in [7, 11) is 1.37. The second-order valence-corrected chi connectivity index (χ2v) is 5.55. The summed E-state index contributed by atoms with van der Waals surface area (Å²) in [5, 5.41) is 2.75. The Labute approximate surface area is 130 Å². The molecule has 5 nitrogen and oxygen atoms in total. The molecule has 5 heteroatoms. The van der Waals surface area contributed by atoms with Gasteiger partial charge in [0.2, 0.25) is 0 Å². The third-order valence-electron chi connectivity index (χ3n) is 3.77. The monoisotopic (exact) mass is 300 g/mol. The van der Waals surface area contributed by atoms with Gasteiger partial charge in [-0.3, -0.25) is 4.79 Å². The van der Waals surface area contributed by atoms with Crippen molar-refractivity contribution in [1.82, 2.24) is 10.2 Å². The summed E-state index contributed by atoms with van der Waals surface area (Å²) in [6.07, 6.45) is 0.614. The average molecular weight is 300 g/mol. The van der Waals surface area contributed by atoms with Crippen LogP contribution in [0.3, 0.4) is 0 Å². The molecule has 1 aromatic carbocycles. The van der Waals surface area contributed by atoms with Crippen molar-refractivity contribution in [2.24, 2.45) is 5.41 Å². The minimum atomic E-state index is -0.609. The van der Waals surface area contributed by atoms with Crippen LogP contribution in [0.4, 0.5) is 4.79 Å². The number of esters is 1. The first kappa shape index (κ1) is 15.9. The van der Waals surface area contributed by atoms with Crippen LogP contribution in [-0.2, 0) is 9.53 Å². The normalized spacial score (nSPS) is 20.0. The van der Waals surface area contributed by atoms with Crippen molar-refractivity contribution in [2.75, 3.05) is 26.7 Å². The Hall–Kier alpha value is -2.48. The zero-order valence-electron chi connectivity index (χ0n) is 12.9. The Morgan fingerprint density at radius 2 is 2.09 bits per heavy atom. The summed E-state index contributed by atoms with van der Waals surface area (Å²) in [6.45, 7) is 3.02. The minimum Gasteiger partial charge on any atom is -0.469 e. The second-order valence-electron chi connectivity index (χ2n) is 5.55. The summed E-state index contributed by atoms with van der Waals surface area (Å²) >= 11 is 0. The van der Waals surface area contributed by atoms with Crippen LogP contribution in [0.25, 0.3) is 0 Å². The number of benzene rings is 1. The van der Waals surface area contributed by atoms with Gasteiger partial charge in [-0.05, 0) is 25.5 Å². The van der Waals surface area contributed by atoms with Crippen molar-refractivity contribution in [3.8, 4) is 11.8 Å². The summed E-state index contributed by atoms with van der Waals surface area (Å²) in [5.41, 5.74) is 0.304. The molecule has 2 rings (SSSR count). The molecule has 1 heterocycles. The number of hydrogen-bond donors (Lipinski definition) is 1. The molecule has 1 aliphatic heterocycles. The first-order valence-electron chi connectivity index (χ1n) is 7.20. The average Bonchev–Trinajstić information content (AvgIpc) is 2.95. The number of ether oxygens (including phenoxy) is 1. The molecule has 1 saturated heterocycles. The van der Waals surface area contributed by atoms with E-state index in [0.717, 1.165) is 5.56 Å². The van der Waals surface area contributed by atoms with Gasteiger partial charge in [-0.15, -0.1) is 0 Å². The summed E-state index contributed by atoms with van der Waals surface area (Å²) in [5.74, 6) is 5.62. The lowest BCUT2D eigenvalue weighted by Crippen LogP contribution is -2.41. The van der Waals surface area contributed by atoms with Gasteiger partial charge in [0.25, 0.3) is 0 Å². The van der Waals surface area contributed by atoms with Crippen molar-refractivity contribution in [1.29, 1.82) is 0 Å². The van der Waals surface area contributed by atoms with Gasteiger partial charge < -0.3 is 15.0 Å². The second kappa shape index (κ2) is 6.99. The number of amides is 2. The molecule has 0 unspecified atom stereocenters. The summed E-state index contributed by atoms with van der Waals surface area (Å²) in [4.78, 5) is 25.4. The van der Waals surface area contributed by atoms with E-state index in [0.29, 0.717) is 19.5 Å². The molecule has 2 amide bonds. The van der Waals surface area contributed by atoms with E-state index in [9.17, 15) is 9.59 Å². The topological polar surface area (TPSA) is 58.6 Å². The Balaban J connectivity index is 1.82. The Morgan fingerprint density at radius 1 is 1.36 bits per heavy atom. The summed E-state index contributed by atoms with van der Waals surface area (Å²) < 4.78 is 4.79. The first-order chi connectivity index (χ1) is 10.5. The van der Waals surface area contributed by atoms with Crippen LogP contribution in [0.5, 0.6) is 0 Å². The minimum absolute atomic E-state index is 0.199. The number of urea groups is 1. The highest BCUT2D eigenvalue weighted by Gasteiger charge is 2.42. The number of carbonyl (C=O) groups is 2. The van der Waals surface area contributed by atoms with Crippen molar-refractivity contribution >= 4 is 12.0 Å². The number of hydrogen-bond acceptors (Lipinski definition) is 3. The molecule has 0 saturated carbocycles. The lowest BCUT2D eigenvalue weighted by atomic mass is 9.90. The molecule has 0 radical (unpaired) electrons. The molecule has 1 aromatic rings. The molecular formula is C17H20N2O3. The fourth-order valence-electron chi connectivity index (χ4n) is 2.45. The van der Waals surface area contributed by atoms with E-state index in [2.05, 4.69) is 17.2 Å². The largest absolute Gasteiger partial charge is 0.469 e. The van der Waals surface area contributed by atoms with Gasteiger partial charge in [0.05, 0.1) is 19.1 Å². The van der Waals surface area contributed by atoms with E-state index in [4.69, 9.17) is 4.74 Å². The van der Waals surface area contributed by atoms with Crippen LogP contribution in [0.15, 0.2) is 30.3 Å². The highest BCUT2D eigenvalue weighted by atomic mass is 16.5. The standard InChI is InChI=1S/C17H20N2O3/c1-17(15(20)22-2)10-12-19(13-17)16(21)18-11-6-9-14-7-4-3-5-8-14/h3-5,7-8H,10-13H2,1-2H3,(H,18,21)/t17-/m0/s1. The first-order valence-corrected chi connectivity index (χ1v) is 7.20. The van der Waals surface area contributed by atoms with Gasteiger partial charge in [0.15, 0.2) is 0 Å². The molecule has 116 valence electrons. The lowest BCUT2D eigenvalue weighted by Gasteiger charge is -2.21. The Morgan fingerprint density at radius 3 is 2.77 bits per heavy atom. The molecule has 1 fully saturated rings. The van der Waals surface area contributed by atoms with E-state index < -0.39 is 5.41 Å². The van der Waals surface area contributed by atoms with E-state index in [1.165, 1.54) is 7.11 Å². The molecular weight excluding hydrogens is 280 g/mol. The van der Waals surface area contributed by atoms with Gasteiger partial charge >= 0.3 is 12.0 Å². The Bertz CT molecular complexity index is 603. The van der Waals surface area contributed by atoms with Gasteiger partial charge in [0.1, 0.15) is 0 Å². The lowest BCUT2D eigenvalue weighted by molar-refractivity contribution is -0.150. The van der Waals surface area contributed by atoms with Crippen LogP contribution in [-0.4, -0.2) is 43.6 Å². The van der Waals surface area contributed by atoms with Crippen molar-refractivity contribution in [3.05, 3.63) is 35.9 Å². The SMILES string of the molecule is COC(=O)[C@@]1(C)CCN(C(=O)NCC#Cc2ccccc2)C1. The maximum absolute atomic E-state index is 12.1. The predicted octanol–water partition coefficient (Wildman–Crippen LogP) is 1.63. The molecule has 1 aliphatic rings. The van der Waals surface area contributed by atoms with Crippen molar-refractivity contribution in [2.45, 2.75) is 13.3 Å². The predicted molar refractivity (Wildman–Crippen MR) is 83.0 cm³/mol. The van der Waals surface area contributed by atoms with Crippen molar-refractivity contribution < 1.29 is 14.3 Å². The van der Waals surface area contributed by atoms with Crippen molar-refractivity contribution in [3.63, 3.8) is 0 Å². The van der Waals surface area contributed by atoms with Crippen LogP contribution < -0.4 is 5.32 Å². The zero-order chi connectivity index (χ0) is 16.0. The van der Waals surface area contributed by atoms with Gasteiger partial charge in [-0.1, -0.05) is 30.0 Å². The Kier molecular flexibility index (Phi) is 5.05. The number of rotatable bonds is 2. The van der Waals surface area contributed by atoms with E-state index >= 15 is 0 Å². The molecule has 1 N–H and O–H groups in total. The van der Waals surface area contributed by atoms with Crippen LogP contribution in [0.2, 0.25) is 0 Å². The van der Waals surface area contributed by atoms with E-state index in [1.807, 2.05) is 37.3 Å². The number of likely N-dealkylation sites (tertiary alicyclic amines) is 1. The maximum atomic E-state index is 12.1. The highest BCUT2D eigenvalue weighted by Crippen LogP contribution is 2.30. The van der Waals surface area contributed by atoms with E-state index in [-0.39, 0.29) is 18.5 Å². The number of nitrogens with zero attached hydrogens (tertiary/aromatic N) is 1. The summed E-state index contributed by atoms with van der Waals surface area (Å²) in [6, 6.07) is 9.39. The molecule has 0 bridgehead atoms. The number of methoxy groups -OCH3 is 1. The fourth-order valence-corrected chi connectivity index (χ4v) is 2.45. The number of nitrogens with one attached hydrogen (secondary N) is 1. The van der Waals surface area contributed by atoms with Crippen LogP contribution >= 0.6 is 0 Å². The van der Waals surface area contributed by atoms with Crippen LogP contribution in [0, 0.1) is 17.3 Å². The molecule has 1 atom stereocenters. The third kappa shape index (κ3) is 3.79. The molecule has 0 aliphatic carbocycles. The van der Waals surface area contributed by atoms with Gasteiger partial charge in [-0.25, -0.2) is 4.79 Å².